The normalized spacial score (nSPS) is 10.7. The van der Waals surface area contributed by atoms with E-state index >= 15 is 0 Å². The highest BCUT2D eigenvalue weighted by Gasteiger charge is 2.11. The van der Waals surface area contributed by atoms with E-state index in [4.69, 9.17) is 10.5 Å². The van der Waals surface area contributed by atoms with Gasteiger partial charge in [-0.2, -0.15) is 0 Å². The molecule has 0 atom stereocenters. The van der Waals surface area contributed by atoms with Crippen molar-refractivity contribution in [1.82, 2.24) is 4.98 Å². The first-order chi connectivity index (χ1) is 12.4. The fourth-order valence-corrected chi connectivity index (χ4v) is 3.55. The number of aromatic nitrogens is 1. The Kier molecular flexibility index (Phi) is 5.18. The Morgan fingerprint density at radius 3 is 2.46 bits per heavy atom. The number of hydrogen-bond acceptors (Lipinski definition) is 5. The second-order valence-corrected chi connectivity index (χ2v) is 7.02. The van der Waals surface area contributed by atoms with E-state index in [9.17, 15) is 9.59 Å². The Bertz CT molecular complexity index is 925. The lowest BCUT2D eigenvalue weighted by Gasteiger charge is -2.06. The van der Waals surface area contributed by atoms with Crippen LogP contribution in [0.1, 0.15) is 16.7 Å². The average Bonchev–Trinajstić information content (AvgIpc) is 3.02. The summed E-state index contributed by atoms with van der Waals surface area (Å²) in [6.45, 7) is 3.90. The Morgan fingerprint density at radius 1 is 1.12 bits per heavy atom. The van der Waals surface area contributed by atoms with Crippen LogP contribution in [0.2, 0.25) is 0 Å². The number of amides is 2. The van der Waals surface area contributed by atoms with Crippen LogP contribution in [0.15, 0.2) is 36.4 Å². The van der Waals surface area contributed by atoms with Crippen LogP contribution in [0, 0.1) is 13.8 Å². The number of ether oxygens (including phenoxy) is 1. The molecule has 0 saturated heterocycles. The number of hydrogen-bond donors (Lipinski definition) is 2. The summed E-state index contributed by atoms with van der Waals surface area (Å²) in [6, 6.07) is 11.0. The third kappa shape index (κ3) is 4.18. The van der Waals surface area contributed by atoms with Crippen molar-refractivity contribution in [3.63, 3.8) is 0 Å². The van der Waals surface area contributed by atoms with Crippen molar-refractivity contribution in [1.29, 1.82) is 0 Å². The van der Waals surface area contributed by atoms with Crippen molar-refractivity contribution < 1.29 is 14.3 Å². The monoisotopic (exact) mass is 369 g/mol. The van der Waals surface area contributed by atoms with Crippen LogP contribution >= 0.6 is 11.3 Å². The van der Waals surface area contributed by atoms with Gasteiger partial charge in [0.05, 0.1) is 16.6 Å². The Morgan fingerprint density at radius 2 is 1.81 bits per heavy atom. The molecule has 7 heteroatoms. The second kappa shape index (κ2) is 7.53. The van der Waals surface area contributed by atoms with E-state index < -0.39 is 0 Å². The molecule has 26 heavy (non-hydrogen) atoms. The summed E-state index contributed by atoms with van der Waals surface area (Å²) in [4.78, 5) is 27.5. The molecular formula is C19H19N3O3S. The quantitative estimate of drug-likeness (QED) is 0.698. The van der Waals surface area contributed by atoms with Gasteiger partial charge in [-0.25, -0.2) is 4.98 Å². The lowest BCUT2D eigenvalue weighted by Crippen LogP contribution is -2.20. The minimum absolute atomic E-state index is 0.122. The molecule has 3 aromatic rings. The zero-order valence-electron chi connectivity index (χ0n) is 14.5. The number of rotatable bonds is 6. The number of anilines is 1. The lowest BCUT2D eigenvalue weighted by atomic mass is 10.1. The number of carbonyl (C=O) groups is 2. The molecule has 0 aliphatic rings. The molecule has 0 fully saturated rings. The molecule has 0 bridgehead atoms. The van der Waals surface area contributed by atoms with Crippen LogP contribution < -0.4 is 15.8 Å². The maximum atomic E-state index is 12.1. The van der Waals surface area contributed by atoms with Crippen molar-refractivity contribution in [2.75, 3.05) is 11.9 Å². The minimum Gasteiger partial charge on any atom is -0.484 e. The fourth-order valence-electron chi connectivity index (χ4n) is 2.52. The first kappa shape index (κ1) is 17.9. The number of nitrogens with one attached hydrogen (secondary N) is 1. The zero-order chi connectivity index (χ0) is 18.7. The molecule has 134 valence electrons. The van der Waals surface area contributed by atoms with E-state index in [-0.39, 0.29) is 24.8 Å². The molecule has 2 aromatic carbocycles. The van der Waals surface area contributed by atoms with Gasteiger partial charge in [-0.1, -0.05) is 35.6 Å². The molecule has 1 heterocycles. The van der Waals surface area contributed by atoms with Crippen molar-refractivity contribution >= 4 is 38.5 Å². The van der Waals surface area contributed by atoms with Crippen molar-refractivity contribution in [2.45, 2.75) is 20.3 Å². The largest absolute Gasteiger partial charge is 0.484 e. The maximum absolute atomic E-state index is 12.1. The molecular weight excluding hydrogens is 350 g/mol. The average molecular weight is 369 g/mol. The van der Waals surface area contributed by atoms with E-state index in [2.05, 4.69) is 10.3 Å². The van der Waals surface area contributed by atoms with Crippen molar-refractivity contribution in [3.05, 3.63) is 53.1 Å². The second-order valence-electron chi connectivity index (χ2n) is 6.02. The number of aryl methyl sites for hydroxylation is 2. The van der Waals surface area contributed by atoms with Gasteiger partial charge in [0.2, 0.25) is 5.91 Å². The number of nitrogens with two attached hydrogens (primary N) is 1. The molecule has 1 aromatic heterocycles. The number of fused-ring (bicyclic) bond motifs is 1. The van der Waals surface area contributed by atoms with Crippen LogP contribution in [0.4, 0.5) is 5.13 Å². The predicted octanol–water partition coefficient (Wildman–Crippen LogP) is 2.96. The van der Waals surface area contributed by atoms with E-state index in [0.717, 1.165) is 26.9 Å². The van der Waals surface area contributed by atoms with Gasteiger partial charge in [-0.15, -0.1) is 0 Å². The molecule has 0 saturated carbocycles. The summed E-state index contributed by atoms with van der Waals surface area (Å²) in [5.41, 5.74) is 9.08. The van der Waals surface area contributed by atoms with E-state index in [1.807, 2.05) is 26.0 Å². The summed E-state index contributed by atoms with van der Waals surface area (Å²) in [5, 5.41) is 3.33. The summed E-state index contributed by atoms with van der Waals surface area (Å²) in [7, 11) is 0. The summed E-state index contributed by atoms with van der Waals surface area (Å²) >= 11 is 1.45. The summed E-state index contributed by atoms with van der Waals surface area (Å²) in [5.74, 6) is -0.121. The molecule has 0 radical (unpaired) electrons. The molecule has 3 N–H and O–H groups in total. The molecule has 6 nitrogen and oxygen atoms in total. The Balaban J connectivity index is 1.60. The van der Waals surface area contributed by atoms with Crippen molar-refractivity contribution in [3.8, 4) is 5.75 Å². The molecule has 3 rings (SSSR count). The number of benzene rings is 2. The van der Waals surface area contributed by atoms with Crippen molar-refractivity contribution in [2.24, 2.45) is 5.73 Å². The summed E-state index contributed by atoms with van der Waals surface area (Å²) in [6.07, 6.45) is 0.178. The van der Waals surface area contributed by atoms with Crippen LogP contribution in [0.3, 0.4) is 0 Å². The van der Waals surface area contributed by atoms with Crippen LogP contribution in [0.5, 0.6) is 5.75 Å². The van der Waals surface area contributed by atoms with Gasteiger partial charge in [0.25, 0.3) is 5.91 Å². The first-order valence-electron chi connectivity index (χ1n) is 8.09. The van der Waals surface area contributed by atoms with Gasteiger partial charge < -0.3 is 10.5 Å². The zero-order valence-corrected chi connectivity index (χ0v) is 15.4. The SMILES string of the molecule is Cc1ccc(C)c2sc(NC(=O)COc3ccc(CC(N)=O)cc3)nc12. The van der Waals surface area contributed by atoms with Gasteiger partial charge >= 0.3 is 0 Å². The number of primary amides is 1. The molecule has 0 aliphatic heterocycles. The predicted molar refractivity (Wildman–Crippen MR) is 103 cm³/mol. The highest BCUT2D eigenvalue weighted by Crippen LogP contribution is 2.30. The van der Waals surface area contributed by atoms with Gasteiger partial charge in [-0.3, -0.25) is 14.9 Å². The van der Waals surface area contributed by atoms with Gasteiger partial charge in [-0.05, 0) is 42.7 Å². The van der Waals surface area contributed by atoms with Crippen LogP contribution in [-0.2, 0) is 16.0 Å². The lowest BCUT2D eigenvalue weighted by molar-refractivity contribution is -0.118. The van der Waals surface area contributed by atoms with Gasteiger partial charge in [0, 0.05) is 0 Å². The molecule has 0 spiro atoms. The van der Waals surface area contributed by atoms with Crippen LogP contribution in [0.25, 0.3) is 10.2 Å². The maximum Gasteiger partial charge on any atom is 0.264 e. The highest BCUT2D eigenvalue weighted by atomic mass is 32.1. The fraction of sp³-hybridized carbons (Fsp3) is 0.211. The first-order valence-corrected chi connectivity index (χ1v) is 8.90. The molecule has 2 amide bonds. The van der Waals surface area contributed by atoms with E-state index in [1.165, 1.54) is 11.3 Å². The van der Waals surface area contributed by atoms with Gasteiger partial charge in [0.15, 0.2) is 11.7 Å². The Hall–Kier alpha value is -2.93. The highest BCUT2D eigenvalue weighted by molar-refractivity contribution is 7.22. The number of carbonyl (C=O) groups excluding carboxylic acids is 2. The smallest absolute Gasteiger partial charge is 0.264 e. The van der Waals surface area contributed by atoms with Crippen LogP contribution in [-0.4, -0.2) is 23.4 Å². The van der Waals surface area contributed by atoms with Gasteiger partial charge in [0.1, 0.15) is 5.75 Å². The van der Waals surface area contributed by atoms with E-state index in [0.29, 0.717) is 10.9 Å². The topological polar surface area (TPSA) is 94.3 Å². The minimum atomic E-state index is -0.389. The third-order valence-electron chi connectivity index (χ3n) is 3.86. The number of thiazole rings is 1. The molecule has 0 unspecified atom stereocenters. The Labute approximate surface area is 155 Å². The summed E-state index contributed by atoms with van der Waals surface area (Å²) < 4.78 is 6.55. The van der Waals surface area contributed by atoms with E-state index in [1.54, 1.807) is 24.3 Å². The number of nitrogens with zero attached hydrogens (tertiary/aromatic N) is 1. The standard InChI is InChI=1S/C19H19N3O3S/c1-11-3-4-12(2)18-17(11)22-19(26-18)21-16(24)10-25-14-7-5-13(6-8-14)9-15(20)23/h3-8H,9-10H2,1-2H3,(H2,20,23)(H,21,22,24). The molecule has 0 aliphatic carbocycles. The third-order valence-corrected chi connectivity index (χ3v) is 4.97.